The van der Waals surface area contributed by atoms with Gasteiger partial charge in [-0.15, -0.1) is 10.2 Å². The highest BCUT2D eigenvalue weighted by Gasteiger charge is 2.08. The number of anilines is 2. The number of hydrogen-bond donors (Lipinski definition) is 1. The van der Waals surface area contributed by atoms with Gasteiger partial charge >= 0.3 is 0 Å². The van der Waals surface area contributed by atoms with Crippen molar-refractivity contribution in [1.29, 1.82) is 0 Å². The molecule has 0 bridgehead atoms. The topological polar surface area (TPSA) is 42.7 Å². The van der Waals surface area contributed by atoms with Gasteiger partial charge in [0.1, 0.15) is 11.0 Å². The fourth-order valence-electron chi connectivity index (χ4n) is 3.13. The van der Waals surface area contributed by atoms with Crippen LogP contribution in [0.3, 0.4) is 0 Å². The molecule has 0 aliphatic carbocycles. The summed E-state index contributed by atoms with van der Waals surface area (Å²) >= 11 is 0. The molecule has 0 unspecified atom stereocenters. The summed E-state index contributed by atoms with van der Waals surface area (Å²) in [4.78, 5) is 1.70. The SMILES string of the molecule is c1ccc(Nc2ccc(-n3nc4ccc5ccccc5c4n3)cc2)cc1. The first-order valence-corrected chi connectivity index (χ1v) is 8.54. The Morgan fingerprint density at radius 2 is 1.35 bits per heavy atom. The summed E-state index contributed by atoms with van der Waals surface area (Å²) in [6.45, 7) is 0. The van der Waals surface area contributed by atoms with Crippen LogP contribution >= 0.6 is 0 Å². The monoisotopic (exact) mass is 336 g/mol. The summed E-state index contributed by atoms with van der Waals surface area (Å²) in [6.07, 6.45) is 0. The van der Waals surface area contributed by atoms with Gasteiger partial charge in [0, 0.05) is 16.8 Å². The molecule has 124 valence electrons. The van der Waals surface area contributed by atoms with Gasteiger partial charge in [0.05, 0.1) is 5.69 Å². The summed E-state index contributed by atoms with van der Waals surface area (Å²) in [6, 6.07) is 30.6. The molecule has 5 aromatic rings. The van der Waals surface area contributed by atoms with E-state index in [-0.39, 0.29) is 0 Å². The van der Waals surface area contributed by atoms with Crippen molar-refractivity contribution in [2.24, 2.45) is 0 Å². The van der Waals surface area contributed by atoms with Crippen LogP contribution in [0.2, 0.25) is 0 Å². The maximum Gasteiger partial charge on any atom is 0.121 e. The van der Waals surface area contributed by atoms with Crippen LogP contribution in [-0.2, 0) is 0 Å². The van der Waals surface area contributed by atoms with E-state index in [9.17, 15) is 0 Å². The number of hydrogen-bond acceptors (Lipinski definition) is 3. The molecule has 0 spiro atoms. The zero-order chi connectivity index (χ0) is 17.3. The van der Waals surface area contributed by atoms with E-state index < -0.39 is 0 Å². The van der Waals surface area contributed by atoms with Crippen molar-refractivity contribution in [3.63, 3.8) is 0 Å². The summed E-state index contributed by atoms with van der Waals surface area (Å²) in [7, 11) is 0. The van der Waals surface area contributed by atoms with E-state index in [1.165, 1.54) is 5.39 Å². The largest absolute Gasteiger partial charge is 0.356 e. The van der Waals surface area contributed by atoms with Crippen LogP contribution in [0.4, 0.5) is 11.4 Å². The Morgan fingerprint density at radius 3 is 2.19 bits per heavy atom. The minimum atomic E-state index is 0.898. The standard InChI is InChI=1S/C22H16N4/c1-2-7-17(8-3-1)23-18-11-13-19(14-12-18)26-24-21-15-10-16-6-4-5-9-20(16)22(21)25-26/h1-15,23H. The molecule has 0 amide bonds. The molecule has 0 aliphatic heterocycles. The maximum absolute atomic E-state index is 4.71. The minimum absolute atomic E-state index is 0.898. The third-order valence-corrected chi connectivity index (χ3v) is 4.44. The Labute approximate surface area is 150 Å². The van der Waals surface area contributed by atoms with E-state index in [1.54, 1.807) is 4.80 Å². The molecule has 1 aromatic heterocycles. The van der Waals surface area contributed by atoms with Crippen molar-refractivity contribution in [1.82, 2.24) is 15.0 Å². The molecule has 1 N–H and O–H groups in total. The number of rotatable bonds is 3. The van der Waals surface area contributed by atoms with Gasteiger partial charge in [-0.2, -0.15) is 4.80 Å². The predicted octanol–water partition coefficient (Wildman–Crippen LogP) is 5.32. The van der Waals surface area contributed by atoms with E-state index in [0.717, 1.165) is 33.5 Å². The molecule has 4 heteroatoms. The molecular weight excluding hydrogens is 320 g/mol. The lowest BCUT2D eigenvalue weighted by Gasteiger charge is -2.07. The van der Waals surface area contributed by atoms with E-state index >= 15 is 0 Å². The van der Waals surface area contributed by atoms with Crippen molar-refractivity contribution in [3.8, 4) is 5.69 Å². The molecule has 0 aliphatic rings. The number of benzene rings is 4. The molecule has 0 saturated heterocycles. The molecule has 0 atom stereocenters. The Kier molecular flexibility index (Phi) is 3.39. The van der Waals surface area contributed by atoms with E-state index in [2.05, 4.69) is 28.6 Å². The molecule has 5 rings (SSSR count). The average molecular weight is 336 g/mol. The average Bonchev–Trinajstić information content (AvgIpc) is 3.14. The van der Waals surface area contributed by atoms with Crippen molar-refractivity contribution < 1.29 is 0 Å². The van der Waals surface area contributed by atoms with Crippen LogP contribution in [0, 0.1) is 0 Å². The number of nitrogens with one attached hydrogen (secondary N) is 1. The lowest BCUT2D eigenvalue weighted by molar-refractivity contribution is 0.766. The molecule has 0 radical (unpaired) electrons. The Hall–Kier alpha value is -3.66. The fourth-order valence-corrected chi connectivity index (χ4v) is 3.13. The van der Waals surface area contributed by atoms with Crippen molar-refractivity contribution in [3.05, 3.63) is 91.0 Å². The smallest absolute Gasteiger partial charge is 0.121 e. The van der Waals surface area contributed by atoms with E-state index in [1.807, 2.05) is 72.8 Å². The Bertz CT molecular complexity index is 1190. The van der Waals surface area contributed by atoms with Gasteiger partial charge in [0.15, 0.2) is 0 Å². The first kappa shape index (κ1) is 14.7. The molecule has 26 heavy (non-hydrogen) atoms. The molecule has 4 nitrogen and oxygen atoms in total. The van der Waals surface area contributed by atoms with Crippen LogP contribution < -0.4 is 5.32 Å². The summed E-state index contributed by atoms with van der Waals surface area (Å²) in [5, 5.41) is 15.0. The zero-order valence-electron chi connectivity index (χ0n) is 14.0. The molecule has 1 heterocycles. The van der Waals surface area contributed by atoms with Crippen LogP contribution in [0.1, 0.15) is 0 Å². The van der Waals surface area contributed by atoms with Gasteiger partial charge in [-0.1, -0.05) is 48.5 Å². The number of aromatic nitrogens is 3. The third kappa shape index (κ3) is 2.58. The second-order valence-corrected chi connectivity index (χ2v) is 6.18. The highest BCUT2D eigenvalue weighted by molar-refractivity contribution is 6.03. The summed E-state index contributed by atoms with van der Waals surface area (Å²) < 4.78 is 0. The quantitative estimate of drug-likeness (QED) is 0.485. The van der Waals surface area contributed by atoms with Crippen molar-refractivity contribution >= 4 is 33.2 Å². The van der Waals surface area contributed by atoms with Crippen LogP contribution in [0.15, 0.2) is 91.0 Å². The third-order valence-electron chi connectivity index (χ3n) is 4.44. The van der Waals surface area contributed by atoms with Gasteiger partial charge in [-0.3, -0.25) is 0 Å². The van der Waals surface area contributed by atoms with Gasteiger partial charge in [0.2, 0.25) is 0 Å². The first-order chi connectivity index (χ1) is 12.9. The number of para-hydroxylation sites is 1. The molecule has 0 saturated carbocycles. The van der Waals surface area contributed by atoms with E-state index in [0.29, 0.717) is 0 Å². The first-order valence-electron chi connectivity index (χ1n) is 8.54. The van der Waals surface area contributed by atoms with E-state index in [4.69, 9.17) is 5.10 Å². The fraction of sp³-hybridized carbons (Fsp3) is 0. The highest BCUT2D eigenvalue weighted by atomic mass is 15.5. The number of nitrogens with zero attached hydrogens (tertiary/aromatic N) is 3. The summed E-state index contributed by atoms with van der Waals surface area (Å²) in [5.74, 6) is 0. The lowest BCUT2D eigenvalue weighted by Crippen LogP contribution is -1.98. The Morgan fingerprint density at radius 1 is 0.615 bits per heavy atom. The van der Waals surface area contributed by atoms with Gasteiger partial charge in [-0.25, -0.2) is 0 Å². The van der Waals surface area contributed by atoms with Gasteiger partial charge in [0.25, 0.3) is 0 Å². The van der Waals surface area contributed by atoms with Gasteiger partial charge < -0.3 is 5.32 Å². The second-order valence-electron chi connectivity index (χ2n) is 6.18. The minimum Gasteiger partial charge on any atom is -0.356 e. The zero-order valence-corrected chi connectivity index (χ0v) is 14.0. The Balaban J connectivity index is 1.50. The van der Waals surface area contributed by atoms with Crippen LogP contribution in [-0.4, -0.2) is 15.0 Å². The normalized spacial score (nSPS) is 11.1. The summed E-state index contributed by atoms with van der Waals surface area (Å²) in [5.41, 5.74) is 4.85. The second kappa shape index (κ2) is 6.01. The highest BCUT2D eigenvalue weighted by Crippen LogP contribution is 2.24. The molecular formula is C22H16N4. The number of fused-ring (bicyclic) bond motifs is 3. The van der Waals surface area contributed by atoms with Crippen LogP contribution in [0.25, 0.3) is 27.5 Å². The van der Waals surface area contributed by atoms with Gasteiger partial charge in [-0.05, 0) is 47.9 Å². The molecule has 4 aromatic carbocycles. The molecule has 0 fully saturated rings. The van der Waals surface area contributed by atoms with Crippen molar-refractivity contribution in [2.45, 2.75) is 0 Å². The van der Waals surface area contributed by atoms with Crippen LogP contribution in [0.5, 0.6) is 0 Å². The maximum atomic E-state index is 4.71. The predicted molar refractivity (Wildman–Crippen MR) is 106 cm³/mol. The van der Waals surface area contributed by atoms with Crippen molar-refractivity contribution in [2.75, 3.05) is 5.32 Å². The lowest BCUT2D eigenvalue weighted by atomic mass is 10.1.